The molecule has 0 aliphatic carbocycles. The molecule has 0 bridgehead atoms. The van der Waals surface area contributed by atoms with E-state index in [-0.39, 0.29) is 18.2 Å². The van der Waals surface area contributed by atoms with E-state index in [1.54, 1.807) is 59.7 Å². The summed E-state index contributed by atoms with van der Waals surface area (Å²) in [5.74, 6) is -0.260. The van der Waals surface area contributed by atoms with Crippen molar-refractivity contribution in [1.29, 1.82) is 0 Å². The Morgan fingerprint density at radius 3 is 2.92 bits per heavy atom. The van der Waals surface area contributed by atoms with Crippen LogP contribution in [-0.2, 0) is 17.9 Å². The standard InChI is InChI=1S/C19H14FN3O3/c20-16-6-4-13(18-15(16)3-1-8-21-18)12-25-19(24)17-7-5-14(26-17)11-23-10-2-9-22-23/h1-10H,11-12H2. The van der Waals surface area contributed by atoms with E-state index in [2.05, 4.69) is 10.1 Å². The first-order chi connectivity index (χ1) is 12.7. The average Bonchev–Trinajstić information content (AvgIpc) is 3.34. The minimum Gasteiger partial charge on any atom is -0.455 e. The molecule has 0 aliphatic rings. The number of halogens is 1. The predicted molar refractivity (Wildman–Crippen MR) is 90.9 cm³/mol. The molecule has 6 nitrogen and oxygen atoms in total. The van der Waals surface area contributed by atoms with Gasteiger partial charge in [0.05, 0.1) is 12.1 Å². The van der Waals surface area contributed by atoms with Crippen molar-refractivity contribution < 1.29 is 18.3 Å². The summed E-state index contributed by atoms with van der Waals surface area (Å²) in [6.07, 6.45) is 5.04. The molecule has 1 aromatic carbocycles. The Kier molecular flexibility index (Phi) is 4.18. The number of hydrogen-bond donors (Lipinski definition) is 0. The topological polar surface area (TPSA) is 70.2 Å². The lowest BCUT2D eigenvalue weighted by Gasteiger charge is -2.07. The fraction of sp³-hybridized carbons (Fsp3) is 0.105. The van der Waals surface area contributed by atoms with Gasteiger partial charge in [-0.25, -0.2) is 9.18 Å². The Labute approximate surface area is 147 Å². The lowest BCUT2D eigenvalue weighted by molar-refractivity contribution is 0.0435. The van der Waals surface area contributed by atoms with Crippen molar-refractivity contribution in [2.24, 2.45) is 0 Å². The van der Waals surface area contributed by atoms with Crippen LogP contribution in [0.5, 0.6) is 0 Å². The molecule has 0 radical (unpaired) electrons. The van der Waals surface area contributed by atoms with Crippen LogP contribution in [0, 0.1) is 5.82 Å². The normalized spacial score (nSPS) is 11.0. The number of pyridine rings is 1. The van der Waals surface area contributed by atoms with Crippen molar-refractivity contribution in [3.8, 4) is 0 Å². The molecule has 3 heterocycles. The zero-order chi connectivity index (χ0) is 17.9. The van der Waals surface area contributed by atoms with Crippen molar-refractivity contribution >= 4 is 16.9 Å². The molecule has 7 heteroatoms. The number of nitrogens with zero attached hydrogens (tertiary/aromatic N) is 3. The number of hydrogen-bond acceptors (Lipinski definition) is 5. The Morgan fingerprint density at radius 2 is 2.08 bits per heavy atom. The van der Waals surface area contributed by atoms with Gasteiger partial charge in [0.2, 0.25) is 5.76 Å². The van der Waals surface area contributed by atoms with E-state index in [1.165, 1.54) is 6.07 Å². The molecule has 4 rings (SSSR count). The van der Waals surface area contributed by atoms with Crippen molar-refractivity contribution in [3.05, 3.63) is 84.0 Å². The third-order valence-electron chi connectivity index (χ3n) is 3.90. The van der Waals surface area contributed by atoms with Crippen molar-refractivity contribution in [2.45, 2.75) is 13.2 Å². The summed E-state index contributed by atoms with van der Waals surface area (Å²) in [6.45, 7) is 0.397. The van der Waals surface area contributed by atoms with Crippen molar-refractivity contribution in [1.82, 2.24) is 14.8 Å². The molecule has 0 fully saturated rings. The van der Waals surface area contributed by atoms with Gasteiger partial charge >= 0.3 is 5.97 Å². The first kappa shape index (κ1) is 16.0. The van der Waals surface area contributed by atoms with Crippen LogP contribution in [-0.4, -0.2) is 20.7 Å². The molecule has 0 saturated carbocycles. The average molecular weight is 351 g/mol. The molecule has 130 valence electrons. The van der Waals surface area contributed by atoms with E-state index in [9.17, 15) is 9.18 Å². The van der Waals surface area contributed by atoms with Crippen molar-refractivity contribution in [3.63, 3.8) is 0 Å². The van der Waals surface area contributed by atoms with Crippen LogP contribution in [0.4, 0.5) is 4.39 Å². The van der Waals surface area contributed by atoms with Crippen LogP contribution in [0.1, 0.15) is 21.9 Å². The molecule has 26 heavy (non-hydrogen) atoms. The summed E-state index contributed by atoms with van der Waals surface area (Å²) in [6, 6.07) is 11.3. The minimum absolute atomic E-state index is 0.0260. The first-order valence-electron chi connectivity index (χ1n) is 7.96. The third kappa shape index (κ3) is 3.19. The van der Waals surface area contributed by atoms with Crippen LogP contribution in [0.3, 0.4) is 0 Å². The van der Waals surface area contributed by atoms with Gasteiger partial charge in [-0.1, -0.05) is 6.07 Å². The fourth-order valence-electron chi connectivity index (χ4n) is 2.65. The van der Waals surface area contributed by atoms with Crippen LogP contribution in [0.25, 0.3) is 10.9 Å². The Balaban J connectivity index is 1.46. The van der Waals surface area contributed by atoms with Gasteiger partial charge in [0.1, 0.15) is 18.2 Å². The number of ether oxygens (including phenoxy) is 1. The van der Waals surface area contributed by atoms with E-state index < -0.39 is 5.97 Å². The maximum Gasteiger partial charge on any atom is 0.374 e. The number of carbonyl (C=O) groups is 1. The van der Waals surface area contributed by atoms with Crippen LogP contribution in [0.15, 0.2) is 65.5 Å². The maximum absolute atomic E-state index is 13.8. The monoisotopic (exact) mass is 351 g/mol. The highest BCUT2D eigenvalue weighted by Crippen LogP contribution is 2.21. The molecular formula is C19H14FN3O3. The smallest absolute Gasteiger partial charge is 0.374 e. The summed E-state index contributed by atoms with van der Waals surface area (Å²) in [4.78, 5) is 16.4. The number of carbonyl (C=O) groups excluding carboxylic acids is 1. The zero-order valence-corrected chi connectivity index (χ0v) is 13.6. The van der Waals surface area contributed by atoms with E-state index >= 15 is 0 Å². The lowest BCUT2D eigenvalue weighted by Crippen LogP contribution is -2.05. The number of benzene rings is 1. The Bertz CT molecular complexity index is 1060. The highest BCUT2D eigenvalue weighted by Gasteiger charge is 2.15. The molecule has 0 unspecified atom stereocenters. The summed E-state index contributed by atoms with van der Waals surface area (Å²) in [7, 11) is 0. The molecule has 0 saturated heterocycles. The van der Waals surface area contributed by atoms with Gasteiger partial charge in [-0.2, -0.15) is 5.10 Å². The maximum atomic E-state index is 13.8. The summed E-state index contributed by atoms with van der Waals surface area (Å²) < 4.78 is 26.3. The van der Waals surface area contributed by atoms with Gasteiger partial charge in [0, 0.05) is 29.5 Å². The van der Waals surface area contributed by atoms with Gasteiger partial charge in [0.25, 0.3) is 0 Å². The summed E-state index contributed by atoms with van der Waals surface area (Å²) in [5, 5.41) is 4.47. The first-order valence-corrected chi connectivity index (χ1v) is 7.96. The molecule has 0 atom stereocenters. The number of fused-ring (bicyclic) bond motifs is 1. The molecule has 0 spiro atoms. The largest absolute Gasteiger partial charge is 0.455 e. The highest BCUT2D eigenvalue weighted by atomic mass is 19.1. The summed E-state index contributed by atoms with van der Waals surface area (Å²) >= 11 is 0. The van der Waals surface area contributed by atoms with Gasteiger partial charge in [-0.15, -0.1) is 0 Å². The van der Waals surface area contributed by atoms with Crippen LogP contribution >= 0.6 is 0 Å². The molecule has 3 aromatic heterocycles. The molecule has 0 aliphatic heterocycles. The van der Waals surface area contributed by atoms with E-state index in [1.807, 2.05) is 0 Å². The van der Waals surface area contributed by atoms with Gasteiger partial charge in [-0.05, 0) is 36.4 Å². The quantitative estimate of drug-likeness (QED) is 0.514. The number of furan rings is 1. The number of esters is 1. The minimum atomic E-state index is -0.592. The number of aromatic nitrogens is 3. The summed E-state index contributed by atoms with van der Waals surface area (Å²) in [5.41, 5.74) is 1.10. The highest BCUT2D eigenvalue weighted by molar-refractivity contribution is 5.87. The van der Waals surface area contributed by atoms with E-state index in [0.717, 1.165) is 0 Å². The SMILES string of the molecule is O=C(OCc1ccc(F)c2cccnc12)c1ccc(Cn2cccn2)o1. The zero-order valence-electron chi connectivity index (χ0n) is 13.6. The molecule has 0 amide bonds. The Hall–Kier alpha value is -3.48. The number of rotatable bonds is 5. The molecule has 0 N–H and O–H groups in total. The van der Waals surface area contributed by atoms with Crippen LogP contribution < -0.4 is 0 Å². The molecule has 4 aromatic rings. The van der Waals surface area contributed by atoms with Gasteiger partial charge < -0.3 is 9.15 Å². The van der Waals surface area contributed by atoms with Gasteiger partial charge in [0.15, 0.2) is 0 Å². The van der Waals surface area contributed by atoms with Gasteiger partial charge in [-0.3, -0.25) is 9.67 Å². The van der Waals surface area contributed by atoms with E-state index in [4.69, 9.17) is 9.15 Å². The second kappa shape index (κ2) is 6.79. The fourth-order valence-corrected chi connectivity index (χ4v) is 2.65. The second-order valence-electron chi connectivity index (χ2n) is 5.65. The molecular weight excluding hydrogens is 337 g/mol. The van der Waals surface area contributed by atoms with E-state index in [0.29, 0.717) is 28.8 Å². The Morgan fingerprint density at radius 1 is 1.15 bits per heavy atom. The lowest BCUT2D eigenvalue weighted by atomic mass is 10.1. The van der Waals surface area contributed by atoms with Crippen LogP contribution in [0.2, 0.25) is 0 Å². The third-order valence-corrected chi connectivity index (χ3v) is 3.90. The van der Waals surface area contributed by atoms with Crippen molar-refractivity contribution in [2.75, 3.05) is 0 Å². The predicted octanol–water partition coefficient (Wildman–Crippen LogP) is 3.57. The second-order valence-corrected chi connectivity index (χ2v) is 5.65.